The number of ether oxygens (including phenoxy) is 1. The zero-order chi connectivity index (χ0) is 20.2. The number of aromatic nitrogens is 2. The van der Waals surface area contributed by atoms with Gasteiger partial charge in [-0.25, -0.2) is 14.8 Å². The van der Waals surface area contributed by atoms with Crippen molar-refractivity contribution in [3.05, 3.63) is 27.5 Å². The van der Waals surface area contributed by atoms with Crippen LogP contribution in [0.4, 0.5) is 10.6 Å². The van der Waals surface area contributed by atoms with Crippen molar-refractivity contribution in [1.29, 1.82) is 0 Å². The highest BCUT2D eigenvalue weighted by atomic mass is 79.9. The molecule has 4 rings (SSSR count). The molecule has 2 fully saturated rings. The number of rotatable bonds is 1. The summed E-state index contributed by atoms with van der Waals surface area (Å²) in [4.78, 5) is 26.2. The Morgan fingerprint density at radius 3 is 2.46 bits per heavy atom. The maximum absolute atomic E-state index is 12.7. The minimum Gasteiger partial charge on any atom is -0.444 e. The van der Waals surface area contributed by atoms with Crippen molar-refractivity contribution >= 4 is 50.3 Å². The summed E-state index contributed by atoms with van der Waals surface area (Å²) in [6.45, 7) is 9.07. The van der Waals surface area contributed by atoms with Crippen LogP contribution in [-0.2, 0) is 4.74 Å². The first-order valence-electron chi connectivity index (χ1n) is 9.52. The number of hydrogen-bond acceptors (Lipinski definition) is 5. The molecule has 6 nitrogen and oxygen atoms in total. The van der Waals surface area contributed by atoms with Gasteiger partial charge in [-0.2, -0.15) is 0 Å². The Morgan fingerprint density at radius 2 is 1.86 bits per heavy atom. The van der Waals surface area contributed by atoms with Crippen molar-refractivity contribution in [2.24, 2.45) is 0 Å². The predicted octanol–water partition coefficient (Wildman–Crippen LogP) is 4.94. The summed E-state index contributed by atoms with van der Waals surface area (Å²) in [5.74, 6) is 1.61. The molecule has 2 aliphatic rings. The molecule has 0 N–H and O–H groups in total. The van der Waals surface area contributed by atoms with Gasteiger partial charge < -0.3 is 9.64 Å². The largest absolute Gasteiger partial charge is 0.444 e. The fourth-order valence-corrected chi connectivity index (χ4v) is 4.65. The molecule has 8 heteroatoms. The van der Waals surface area contributed by atoms with Gasteiger partial charge in [-0.1, -0.05) is 11.6 Å². The highest BCUT2D eigenvalue weighted by molar-refractivity contribution is 9.10. The molecule has 0 radical (unpaired) electrons. The lowest BCUT2D eigenvalue weighted by Gasteiger charge is -2.42. The summed E-state index contributed by atoms with van der Waals surface area (Å²) in [5.41, 5.74) is 0.373. The molecule has 1 aromatic heterocycles. The van der Waals surface area contributed by atoms with Gasteiger partial charge in [0.1, 0.15) is 17.2 Å². The van der Waals surface area contributed by atoms with Gasteiger partial charge in [0.2, 0.25) is 0 Å². The van der Waals surface area contributed by atoms with Gasteiger partial charge >= 0.3 is 6.09 Å². The van der Waals surface area contributed by atoms with Crippen molar-refractivity contribution < 1.29 is 9.53 Å². The zero-order valence-electron chi connectivity index (χ0n) is 16.5. The number of halogens is 2. The molecule has 28 heavy (non-hydrogen) atoms. The highest BCUT2D eigenvalue weighted by Crippen LogP contribution is 2.37. The second kappa shape index (κ2) is 7.02. The second-order valence-electron chi connectivity index (χ2n) is 8.56. The third-order valence-electron chi connectivity index (χ3n) is 5.22. The number of aryl methyl sites for hydroxylation is 1. The third kappa shape index (κ3) is 3.66. The van der Waals surface area contributed by atoms with E-state index in [2.05, 4.69) is 25.8 Å². The number of piperazine rings is 1. The van der Waals surface area contributed by atoms with Crippen LogP contribution >= 0.6 is 27.5 Å². The summed E-state index contributed by atoms with van der Waals surface area (Å²) in [5, 5.41) is 1.57. The molecule has 3 heterocycles. The normalized spacial score (nSPS) is 22.1. The number of nitrogens with zero attached hydrogens (tertiary/aromatic N) is 4. The minimum absolute atomic E-state index is 0.129. The molecule has 1 aromatic carbocycles. The van der Waals surface area contributed by atoms with Crippen LogP contribution in [0.2, 0.25) is 5.02 Å². The summed E-state index contributed by atoms with van der Waals surface area (Å²) in [7, 11) is 0. The number of amides is 1. The Hall–Kier alpha value is -1.60. The Bertz CT molecular complexity index is 932. The van der Waals surface area contributed by atoms with Crippen LogP contribution in [-0.4, -0.2) is 51.7 Å². The maximum Gasteiger partial charge on any atom is 0.410 e. The summed E-state index contributed by atoms with van der Waals surface area (Å²) in [6, 6.07) is 4.11. The van der Waals surface area contributed by atoms with Gasteiger partial charge in [-0.05, 0) is 68.6 Å². The van der Waals surface area contributed by atoms with E-state index in [0.29, 0.717) is 5.02 Å². The Morgan fingerprint density at radius 1 is 1.21 bits per heavy atom. The van der Waals surface area contributed by atoms with Gasteiger partial charge in [-0.15, -0.1) is 0 Å². The number of anilines is 1. The molecule has 2 saturated heterocycles. The monoisotopic (exact) mass is 466 g/mol. The fourth-order valence-electron chi connectivity index (χ4n) is 4.15. The second-order valence-corrected chi connectivity index (χ2v) is 9.82. The van der Waals surface area contributed by atoms with Crippen molar-refractivity contribution in [3.8, 4) is 0 Å². The lowest BCUT2D eigenvalue weighted by atomic mass is 10.1. The molecule has 0 spiro atoms. The van der Waals surface area contributed by atoms with Crippen LogP contribution < -0.4 is 4.90 Å². The Labute approximate surface area is 178 Å². The van der Waals surface area contributed by atoms with E-state index in [9.17, 15) is 4.79 Å². The molecule has 1 amide bonds. The number of benzene rings is 1. The lowest BCUT2D eigenvalue weighted by Crippen LogP contribution is -2.57. The van der Waals surface area contributed by atoms with Crippen LogP contribution in [0, 0.1) is 6.92 Å². The molecule has 2 atom stereocenters. The van der Waals surface area contributed by atoms with Crippen LogP contribution in [0.1, 0.15) is 39.4 Å². The molecule has 2 aromatic rings. The van der Waals surface area contributed by atoms with Gasteiger partial charge in [0.15, 0.2) is 0 Å². The van der Waals surface area contributed by atoms with Crippen LogP contribution in [0.3, 0.4) is 0 Å². The number of carbonyl (C=O) groups is 1. The number of carbonyl (C=O) groups excluding carboxylic acids is 1. The molecule has 0 aliphatic carbocycles. The summed E-state index contributed by atoms with van der Waals surface area (Å²) in [6.07, 6.45) is 1.75. The topological polar surface area (TPSA) is 58.6 Å². The van der Waals surface area contributed by atoms with E-state index in [-0.39, 0.29) is 18.2 Å². The first-order chi connectivity index (χ1) is 13.1. The smallest absolute Gasteiger partial charge is 0.410 e. The molecule has 0 saturated carbocycles. The molecule has 2 bridgehead atoms. The average Bonchev–Trinajstić information content (AvgIpc) is 2.85. The molecular weight excluding hydrogens is 444 g/mol. The molecule has 150 valence electrons. The molecule has 2 unspecified atom stereocenters. The molecule has 2 aliphatic heterocycles. The third-order valence-corrected chi connectivity index (χ3v) is 6.41. The first kappa shape index (κ1) is 19.7. The van der Waals surface area contributed by atoms with Crippen molar-refractivity contribution in [3.63, 3.8) is 0 Å². The quantitative estimate of drug-likeness (QED) is 0.594. The average molecular weight is 468 g/mol. The number of hydrogen-bond donors (Lipinski definition) is 0. The first-order valence-corrected chi connectivity index (χ1v) is 10.7. The predicted molar refractivity (Wildman–Crippen MR) is 114 cm³/mol. The van der Waals surface area contributed by atoms with E-state index in [1.54, 1.807) is 0 Å². The van der Waals surface area contributed by atoms with E-state index in [0.717, 1.165) is 52.9 Å². The van der Waals surface area contributed by atoms with Gasteiger partial charge in [0, 0.05) is 22.9 Å². The fraction of sp³-hybridized carbons (Fsp3) is 0.550. The van der Waals surface area contributed by atoms with Crippen LogP contribution in [0.5, 0.6) is 0 Å². The Balaban J connectivity index is 1.65. The maximum atomic E-state index is 12.7. The zero-order valence-corrected chi connectivity index (χ0v) is 18.8. The SMILES string of the molecule is Cc1nc(N2CC3CCC(C2)N3C(=O)OC(C)(C)C)c2cc(Cl)c(Br)cc2n1. The highest BCUT2D eigenvalue weighted by Gasteiger charge is 2.44. The van der Waals surface area contributed by atoms with Crippen LogP contribution in [0.15, 0.2) is 16.6 Å². The lowest BCUT2D eigenvalue weighted by molar-refractivity contribution is 0.0123. The van der Waals surface area contributed by atoms with E-state index in [1.165, 1.54) is 0 Å². The number of fused-ring (bicyclic) bond motifs is 3. The van der Waals surface area contributed by atoms with Gasteiger partial charge in [0.05, 0.1) is 22.6 Å². The van der Waals surface area contributed by atoms with E-state index in [1.807, 2.05) is 44.7 Å². The van der Waals surface area contributed by atoms with Crippen molar-refractivity contribution in [2.45, 2.75) is 58.2 Å². The van der Waals surface area contributed by atoms with E-state index in [4.69, 9.17) is 21.3 Å². The Kier molecular flexibility index (Phi) is 4.94. The summed E-state index contributed by atoms with van der Waals surface area (Å²) < 4.78 is 6.46. The van der Waals surface area contributed by atoms with Crippen molar-refractivity contribution in [1.82, 2.24) is 14.9 Å². The summed E-state index contributed by atoms with van der Waals surface area (Å²) >= 11 is 9.82. The van der Waals surface area contributed by atoms with Crippen molar-refractivity contribution in [2.75, 3.05) is 18.0 Å². The van der Waals surface area contributed by atoms with E-state index < -0.39 is 5.60 Å². The van der Waals surface area contributed by atoms with Gasteiger partial charge in [-0.3, -0.25) is 4.90 Å². The standard InChI is InChI=1S/C20H24BrClN4O2/c1-11-23-17-8-15(21)16(22)7-14(17)18(24-11)25-9-12-5-6-13(10-25)26(12)19(27)28-20(2,3)4/h7-8,12-13H,5-6,9-10H2,1-4H3. The molecular formula is C20H24BrClN4O2. The van der Waals surface area contributed by atoms with Crippen LogP contribution in [0.25, 0.3) is 10.9 Å². The van der Waals surface area contributed by atoms with Gasteiger partial charge in [0.25, 0.3) is 0 Å². The van der Waals surface area contributed by atoms with E-state index >= 15 is 0 Å². The minimum atomic E-state index is -0.488.